The summed E-state index contributed by atoms with van der Waals surface area (Å²) in [6.45, 7) is 1.97. The number of ether oxygens (including phenoxy) is 1. The van der Waals surface area contributed by atoms with Gasteiger partial charge < -0.3 is 22.1 Å². The average Bonchev–Trinajstić information content (AvgIpc) is 2.15. The van der Waals surface area contributed by atoms with Crippen LogP contribution in [0.3, 0.4) is 0 Å². The zero-order valence-corrected chi connectivity index (χ0v) is 10.7. The fraction of sp³-hybridized carbons (Fsp3) is 1.00. The summed E-state index contributed by atoms with van der Waals surface area (Å²) in [5.74, 6) is 0. The topological polar surface area (TPSA) is 46.2 Å². The fourth-order valence-electron chi connectivity index (χ4n) is 0.821. The van der Waals surface area contributed by atoms with Crippen LogP contribution in [0.2, 0.25) is 6.55 Å². The Balaban J connectivity index is 4.07. The summed E-state index contributed by atoms with van der Waals surface area (Å²) in [7, 11) is 2.26. The van der Waals surface area contributed by atoms with E-state index in [9.17, 15) is 0 Å². The van der Waals surface area contributed by atoms with E-state index in [0.717, 1.165) is 0 Å². The van der Waals surface area contributed by atoms with E-state index in [0.29, 0.717) is 6.23 Å². The highest BCUT2D eigenvalue weighted by molar-refractivity contribution is 6.66. The summed E-state index contributed by atoms with van der Waals surface area (Å²) in [6, 6.07) is 0. The Morgan fingerprint density at radius 2 is 1.46 bits per heavy atom. The monoisotopic (exact) mass is 225 g/mol. The molecule has 0 aliphatic carbocycles. The number of methoxy groups -OCH3 is 1. The van der Waals surface area contributed by atoms with Crippen LogP contribution in [0.15, 0.2) is 0 Å². The number of rotatable bonds is 7. The second-order valence-corrected chi connectivity index (χ2v) is 7.08. The van der Waals surface area contributed by atoms with E-state index in [1.807, 2.05) is 6.55 Å². The van der Waals surface area contributed by atoms with Crippen molar-refractivity contribution in [2.24, 2.45) is 0 Å². The molecule has 5 nitrogen and oxygen atoms in total. The maximum atomic E-state index is 5.58. The standard InChI is InChI=1S/C6H17O5Si2/c1-7-6-12(5)11-13(8-2,9-3)10-4/h6H2,1-5H3. The third-order valence-corrected chi connectivity index (χ3v) is 5.99. The highest BCUT2D eigenvalue weighted by atomic mass is 28.4. The first-order chi connectivity index (χ1) is 6.14. The van der Waals surface area contributed by atoms with E-state index in [2.05, 4.69) is 0 Å². The average molecular weight is 225 g/mol. The lowest BCUT2D eigenvalue weighted by molar-refractivity contribution is 0.0478. The first-order valence-electron chi connectivity index (χ1n) is 3.80. The smallest absolute Gasteiger partial charge is 0.391 e. The van der Waals surface area contributed by atoms with Crippen LogP contribution >= 0.6 is 0 Å². The first-order valence-corrected chi connectivity index (χ1v) is 7.54. The largest absolute Gasteiger partial charge is 0.668 e. The van der Waals surface area contributed by atoms with Gasteiger partial charge in [0.2, 0.25) is 9.04 Å². The molecule has 0 fully saturated rings. The van der Waals surface area contributed by atoms with Gasteiger partial charge in [0.1, 0.15) is 0 Å². The molecule has 0 aromatic heterocycles. The minimum atomic E-state index is -2.85. The van der Waals surface area contributed by atoms with Gasteiger partial charge in [-0.1, -0.05) is 0 Å². The summed E-state index contributed by atoms with van der Waals surface area (Å²) >= 11 is 0. The second-order valence-electron chi connectivity index (χ2n) is 2.35. The Labute approximate surface area is 82.1 Å². The zero-order chi connectivity index (χ0) is 10.3. The SMILES string of the molecule is COC[Si](C)O[Si](OC)(OC)OC. The minimum Gasteiger partial charge on any atom is -0.391 e. The van der Waals surface area contributed by atoms with Crippen LogP contribution in [-0.4, -0.2) is 52.8 Å². The van der Waals surface area contributed by atoms with E-state index in [1.54, 1.807) is 7.11 Å². The van der Waals surface area contributed by atoms with Crippen LogP contribution in [0.1, 0.15) is 0 Å². The molecule has 13 heavy (non-hydrogen) atoms. The molecule has 1 radical (unpaired) electrons. The van der Waals surface area contributed by atoms with Crippen LogP contribution in [0, 0.1) is 0 Å². The molecule has 79 valence electrons. The van der Waals surface area contributed by atoms with Crippen LogP contribution in [0.5, 0.6) is 0 Å². The molecule has 0 aliphatic heterocycles. The van der Waals surface area contributed by atoms with Gasteiger partial charge >= 0.3 is 9.05 Å². The minimum absolute atomic E-state index is 0.579. The quantitative estimate of drug-likeness (QED) is 0.579. The molecule has 0 atom stereocenters. The summed E-state index contributed by atoms with van der Waals surface area (Å²) in [4.78, 5) is 0. The molecule has 7 heteroatoms. The lowest BCUT2D eigenvalue weighted by Crippen LogP contribution is -2.50. The Bertz CT molecular complexity index is 122. The zero-order valence-electron chi connectivity index (χ0n) is 8.75. The lowest BCUT2D eigenvalue weighted by Gasteiger charge is -2.25. The van der Waals surface area contributed by atoms with Crippen molar-refractivity contribution in [2.45, 2.75) is 6.55 Å². The molecule has 0 saturated carbocycles. The fourth-order valence-corrected chi connectivity index (χ4v) is 4.67. The van der Waals surface area contributed by atoms with Crippen LogP contribution in [-0.2, 0) is 22.1 Å². The highest BCUT2D eigenvalue weighted by Gasteiger charge is 2.43. The molecule has 0 bridgehead atoms. The van der Waals surface area contributed by atoms with E-state index in [-0.39, 0.29) is 0 Å². The van der Waals surface area contributed by atoms with E-state index >= 15 is 0 Å². The molecular formula is C6H17O5Si2. The first kappa shape index (κ1) is 13.2. The Hall–Kier alpha value is 0.234. The Morgan fingerprint density at radius 3 is 1.77 bits per heavy atom. The Kier molecular flexibility index (Phi) is 6.77. The van der Waals surface area contributed by atoms with Crippen molar-refractivity contribution >= 4 is 18.1 Å². The summed E-state index contributed by atoms with van der Waals surface area (Å²) in [5.41, 5.74) is 0. The third kappa shape index (κ3) is 4.31. The van der Waals surface area contributed by atoms with E-state index in [4.69, 9.17) is 22.1 Å². The molecule has 0 aliphatic rings. The second kappa shape index (κ2) is 6.65. The van der Waals surface area contributed by atoms with Gasteiger partial charge in [-0.05, 0) is 6.55 Å². The molecular weight excluding hydrogens is 208 g/mol. The number of hydrogen-bond acceptors (Lipinski definition) is 5. The Morgan fingerprint density at radius 1 is 1.00 bits per heavy atom. The van der Waals surface area contributed by atoms with Gasteiger partial charge in [-0.15, -0.1) is 0 Å². The molecule has 0 rings (SSSR count). The summed E-state index contributed by atoms with van der Waals surface area (Å²) < 4.78 is 25.8. The molecule has 0 aromatic rings. The molecule has 0 saturated heterocycles. The van der Waals surface area contributed by atoms with Crippen LogP contribution in [0.4, 0.5) is 0 Å². The van der Waals surface area contributed by atoms with Crippen molar-refractivity contribution < 1.29 is 22.1 Å². The highest BCUT2D eigenvalue weighted by Crippen LogP contribution is 2.09. The number of hydrogen-bond donors (Lipinski definition) is 0. The third-order valence-electron chi connectivity index (χ3n) is 1.40. The molecule has 0 spiro atoms. The van der Waals surface area contributed by atoms with Gasteiger partial charge in [0.25, 0.3) is 0 Å². The maximum absolute atomic E-state index is 5.58. The van der Waals surface area contributed by atoms with Crippen molar-refractivity contribution in [3.63, 3.8) is 0 Å². The van der Waals surface area contributed by atoms with Crippen molar-refractivity contribution in [1.29, 1.82) is 0 Å². The van der Waals surface area contributed by atoms with Gasteiger partial charge in [0.15, 0.2) is 0 Å². The van der Waals surface area contributed by atoms with E-state index < -0.39 is 18.1 Å². The van der Waals surface area contributed by atoms with Gasteiger partial charge in [0, 0.05) is 28.4 Å². The van der Waals surface area contributed by atoms with Gasteiger partial charge in [-0.25, -0.2) is 0 Å². The van der Waals surface area contributed by atoms with Crippen molar-refractivity contribution in [2.75, 3.05) is 34.7 Å². The molecule has 0 N–H and O–H groups in total. The summed E-state index contributed by atoms with van der Waals surface area (Å²) in [5, 5.41) is 0. The van der Waals surface area contributed by atoms with Crippen molar-refractivity contribution in [1.82, 2.24) is 0 Å². The van der Waals surface area contributed by atoms with Gasteiger partial charge in [0.05, 0.1) is 6.23 Å². The van der Waals surface area contributed by atoms with E-state index in [1.165, 1.54) is 21.3 Å². The maximum Gasteiger partial charge on any atom is 0.668 e. The van der Waals surface area contributed by atoms with Crippen LogP contribution < -0.4 is 0 Å². The van der Waals surface area contributed by atoms with Crippen LogP contribution in [0.25, 0.3) is 0 Å². The molecule has 0 amide bonds. The van der Waals surface area contributed by atoms with Crippen molar-refractivity contribution in [3.8, 4) is 0 Å². The van der Waals surface area contributed by atoms with Gasteiger partial charge in [-0.3, -0.25) is 0 Å². The van der Waals surface area contributed by atoms with Gasteiger partial charge in [-0.2, -0.15) is 0 Å². The summed E-state index contributed by atoms with van der Waals surface area (Å²) in [6.07, 6.45) is 0.579. The lowest BCUT2D eigenvalue weighted by atomic mass is 11.5. The molecule has 0 unspecified atom stereocenters. The predicted octanol–water partition coefficient (Wildman–Crippen LogP) is 0.185. The normalized spacial score (nSPS) is 12.5. The molecule has 0 aromatic carbocycles. The molecule has 0 heterocycles. The predicted molar refractivity (Wildman–Crippen MR) is 51.4 cm³/mol. The van der Waals surface area contributed by atoms with Crippen molar-refractivity contribution in [3.05, 3.63) is 0 Å².